The average molecular weight is 218 g/mol. The molecule has 1 heterocycles. The van der Waals surface area contributed by atoms with E-state index >= 15 is 0 Å². The van der Waals surface area contributed by atoms with Gasteiger partial charge >= 0.3 is 0 Å². The Hall–Kier alpha value is -2.00. The first kappa shape index (κ1) is 9.55. The van der Waals surface area contributed by atoms with Gasteiger partial charge < -0.3 is 9.27 Å². The molecule has 0 aliphatic carbocycles. The molecule has 15 heavy (non-hydrogen) atoms. The topological polar surface area (TPSA) is 74.1 Å². The molecule has 0 spiro atoms. The van der Waals surface area contributed by atoms with Gasteiger partial charge in [-0.3, -0.25) is 0 Å². The molecule has 0 bridgehead atoms. The number of oxime groups is 1. The van der Waals surface area contributed by atoms with Crippen LogP contribution < -0.4 is 0 Å². The Balaban J connectivity index is 2.54. The van der Waals surface area contributed by atoms with Crippen molar-refractivity contribution in [2.45, 2.75) is 0 Å². The number of imidazole rings is 1. The van der Waals surface area contributed by atoms with Crippen LogP contribution in [0.4, 0.5) is 0 Å². The van der Waals surface area contributed by atoms with Crippen molar-refractivity contribution < 1.29 is 4.28 Å². The fraction of sp³-hybridized carbons (Fsp3) is 0. The standard InChI is InChI=1S/C9H6N4OS/c10-5-8(13-14-15)9-11-6-3-1-2-4-7(6)12-9/h1-4,15H,(H,11,12)/b13-8+. The molecule has 0 fully saturated rings. The number of H-pyrrole nitrogens is 1. The van der Waals surface area contributed by atoms with E-state index in [1.165, 1.54) is 0 Å². The van der Waals surface area contributed by atoms with Gasteiger partial charge in [0.15, 0.2) is 5.82 Å². The largest absolute Gasteiger partial charge is 0.336 e. The van der Waals surface area contributed by atoms with Gasteiger partial charge in [-0.15, -0.1) is 0 Å². The van der Waals surface area contributed by atoms with Crippen molar-refractivity contribution in [1.82, 2.24) is 9.97 Å². The van der Waals surface area contributed by atoms with Crippen molar-refractivity contribution >= 4 is 29.7 Å². The number of hydrogen-bond donors (Lipinski definition) is 2. The molecule has 0 unspecified atom stereocenters. The Kier molecular flexibility index (Phi) is 2.56. The number of nitrogens with zero attached hydrogens (tertiary/aromatic N) is 3. The summed E-state index contributed by atoms with van der Waals surface area (Å²) >= 11 is 3.45. The van der Waals surface area contributed by atoms with Crippen molar-refractivity contribution in [3.8, 4) is 6.07 Å². The summed E-state index contributed by atoms with van der Waals surface area (Å²) in [5, 5.41) is 12.2. The molecule has 2 aromatic rings. The minimum absolute atomic E-state index is 0.0567. The summed E-state index contributed by atoms with van der Waals surface area (Å²) in [7, 11) is 0. The van der Waals surface area contributed by atoms with Gasteiger partial charge in [0.2, 0.25) is 5.71 Å². The van der Waals surface area contributed by atoms with Crippen LogP contribution in [0.2, 0.25) is 0 Å². The summed E-state index contributed by atoms with van der Waals surface area (Å²) in [5.74, 6) is 0.368. The SMILES string of the molecule is N#C/C(=N\OS)c1nc2ccccc2[nH]1. The van der Waals surface area contributed by atoms with Gasteiger partial charge in [-0.25, -0.2) is 4.98 Å². The van der Waals surface area contributed by atoms with Crippen molar-refractivity contribution in [1.29, 1.82) is 5.26 Å². The maximum absolute atomic E-state index is 8.78. The lowest BCUT2D eigenvalue weighted by atomic mass is 10.3. The van der Waals surface area contributed by atoms with Crippen LogP contribution in [0.3, 0.4) is 0 Å². The predicted octanol–water partition coefficient (Wildman–Crippen LogP) is 1.65. The van der Waals surface area contributed by atoms with Crippen LogP contribution in [0.25, 0.3) is 11.0 Å². The third kappa shape index (κ3) is 1.78. The van der Waals surface area contributed by atoms with Gasteiger partial charge in [-0.1, -0.05) is 17.3 Å². The molecule has 0 aliphatic rings. The fourth-order valence-electron chi connectivity index (χ4n) is 1.22. The highest BCUT2D eigenvalue weighted by Gasteiger charge is 2.09. The molecule has 0 aliphatic heterocycles. The van der Waals surface area contributed by atoms with E-state index in [4.69, 9.17) is 5.26 Å². The summed E-state index contributed by atoms with van der Waals surface area (Å²) in [6.07, 6.45) is 0. The lowest BCUT2D eigenvalue weighted by molar-refractivity contribution is 0.415. The Morgan fingerprint density at radius 2 is 2.33 bits per heavy atom. The Morgan fingerprint density at radius 1 is 1.53 bits per heavy atom. The van der Waals surface area contributed by atoms with Gasteiger partial charge in [0, 0.05) is 0 Å². The van der Waals surface area contributed by atoms with Crippen LogP contribution in [0, 0.1) is 11.3 Å². The summed E-state index contributed by atoms with van der Waals surface area (Å²) in [6.45, 7) is 0. The first-order valence-electron chi connectivity index (χ1n) is 4.09. The number of rotatable bonds is 2. The third-order valence-corrected chi connectivity index (χ3v) is 1.93. The molecule has 0 atom stereocenters. The Labute approximate surface area is 91.0 Å². The average Bonchev–Trinajstić information content (AvgIpc) is 2.69. The first-order valence-corrected chi connectivity index (χ1v) is 4.45. The molecule has 5 nitrogen and oxygen atoms in total. The number of aromatic nitrogens is 2. The summed E-state index contributed by atoms with van der Waals surface area (Å²) < 4.78 is 4.25. The summed E-state index contributed by atoms with van der Waals surface area (Å²) in [4.78, 5) is 7.13. The van der Waals surface area contributed by atoms with E-state index in [9.17, 15) is 0 Å². The smallest absolute Gasteiger partial charge is 0.223 e. The maximum atomic E-state index is 8.78. The first-order chi connectivity index (χ1) is 7.35. The van der Waals surface area contributed by atoms with E-state index in [-0.39, 0.29) is 5.71 Å². The molecule has 0 amide bonds. The molecule has 0 saturated heterocycles. The van der Waals surface area contributed by atoms with Gasteiger partial charge in [-0.2, -0.15) is 5.26 Å². The normalized spacial score (nSPS) is 11.3. The molecule has 1 N–H and O–H groups in total. The van der Waals surface area contributed by atoms with E-state index in [0.717, 1.165) is 11.0 Å². The van der Waals surface area contributed by atoms with Gasteiger partial charge in [0.1, 0.15) is 6.07 Å². The van der Waals surface area contributed by atoms with E-state index in [2.05, 4.69) is 32.3 Å². The van der Waals surface area contributed by atoms with Crippen molar-refractivity contribution in [2.24, 2.45) is 5.16 Å². The van der Waals surface area contributed by atoms with E-state index < -0.39 is 0 Å². The molecule has 6 heteroatoms. The van der Waals surface area contributed by atoms with E-state index in [1.807, 2.05) is 30.3 Å². The molecule has 1 aromatic carbocycles. The van der Waals surface area contributed by atoms with Gasteiger partial charge in [0.05, 0.1) is 23.9 Å². The monoisotopic (exact) mass is 218 g/mol. The van der Waals surface area contributed by atoms with Crippen LogP contribution in [-0.2, 0) is 4.28 Å². The van der Waals surface area contributed by atoms with Crippen LogP contribution in [-0.4, -0.2) is 15.7 Å². The fourth-order valence-corrected chi connectivity index (χ4v) is 1.30. The highest BCUT2D eigenvalue weighted by Crippen LogP contribution is 2.10. The summed E-state index contributed by atoms with van der Waals surface area (Å²) in [5.41, 5.74) is 1.67. The molecule has 1 aromatic heterocycles. The highest BCUT2D eigenvalue weighted by molar-refractivity contribution is 7.75. The zero-order chi connectivity index (χ0) is 10.7. The number of fused-ring (bicyclic) bond motifs is 1. The van der Waals surface area contributed by atoms with Crippen LogP contribution >= 0.6 is 12.9 Å². The van der Waals surface area contributed by atoms with Crippen LogP contribution in [0.5, 0.6) is 0 Å². The molecule has 2 rings (SSSR count). The number of hydrogen-bond acceptors (Lipinski definition) is 5. The second-order valence-electron chi connectivity index (χ2n) is 2.74. The number of aromatic amines is 1. The molecular weight excluding hydrogens is 212 g/mol. The van der Waals surface area contributed by atoms with Gasteiger partial charge in [-0.05, 0) is 12.1 Å². The number of para-hydroxylation sites is 2. The Bertz CT molecular complexity index is 521. The number of nitrogens with one attached hydrogen (secondary N) is 1. The van der Waals surface area contributed by atoms with E-state index in [1.54, 1.807) is 0 Å². The molecule has 0 radical (unpaired) electrons. The number of nitriles is 1. The minimum Gasteiger partial charge on any atom is -0.336 e. The molecular formula is C9H6N4OS. The quantitative estimate of drug-likeness (QED) is 0.348. The number of thiol groups is 1. The summed E-state index contributed by atoms with van der Waals surface area (Å²) in [6, 6.07) is 9.31. The molecule has 0 saturated carbocycles. The second kappa shape index (κ2) is 4.02. The van der Waals surface area contributed by atoms with E-state index in [0.29, 0.717) is 5.82 Å². The lowest BCUT2D eigenvalue weighted by Gasteiger charge is -1.88. The van der Waals surface area contributed by atoms with Gasteiger partial charge in [0.25, 0.3) is 0 Å². The zero-order valence-corrected chi connectivity index (χ0v) is 8.40. The van der Waals surface area contributed by atoms with Crippen molar-refractivity contribution in [2.75, 3.05) is 0 Å². The van der Waals surface area contributed by atoms with Crippen LogP contribution in [0.1, 0.15) is 5.82 Å². The van der Waals surface area contributed by atoms with Crippen molar-refractivity contribution in [3.63, 3.8) is 0 Å². The zero-order valence-electron chi connectivity index (χ0n) is 7.51. The minimum atomic E-state index is 0.0567. The predicted molar refractivity (Wildman–Crippen MR) is 58.3 cm³/mol. The molecule has 74 valence electrons. The highest BCUT2D eigenvalue weighted by atomic mass is 32.1. The Morgan fingerprint density at radius 3 is 3.00 bits per heavy atom. The van der Waals surface area contributed by atoms with Crippen LogP contribution in [0.15, 0.2) is 29.4 Å². The maximum Gasteiger partial charge on any atom is 0.223 e. The number of benzene rings is 1. The second-order valence-corrected chi connectivity index (χ2v) is 2.90. The lowest BCUT2D eigenvalue weighted by Crippen LogP contribution is -1.99. The van der Waals surface area contributed by atoms with Crippen molar-refractivity contribution in [3.05, 3.63) is 30.1 Å². The third-order valence-electron chi connectivity index (χ3n) is 1.85.